The van der Waals surface area contributed by atoms with Gasteiger partial charge in [-0.1, -0.05) is 138 Å². The molecule has 0 unspecified atom stereocenters. The molecule has 3 aliphatic rings. The fourth-order valence-corrected chi connectivity index (χ4v) is 9.88. The topological polar surface area (TPSA) is 130 Å². The number of ketones is 2. The molecular formula is C63H45N5O4. The molecule has 0 radical (unpaired) electrons. The Morgan fingerprint density at radius 2 is 0.806 bits per heavy atom. The minimum atomic E-state index is -0.475. The third-order valence-electron chi connectivity index (χ3n) is 13.5. The van der Waals surface area contributed by atoms with Crippen molar-refractivity contribution in [2.45, 2.75) is 20.8 Å². The lowest BCUT2D eigenvalue weighted by Gasteiger charge is -2.20. The minimum absolute atomic E-state index is 0.174. The second-order valence-corrected chi connectivity index (χ2v) is 18.4. The van der Waals surface area contributed by atoms with Gasteiger partial charge in [0.05, 0.1) is 34.0 Å². The molecule has 2 aliphatic heterocycles. The normalized spacial score (nSPS) is 12.4. The molecule has 346 valence electrons. The molecule has 0 spiro atoms. The zero-order valence-corrected chi connectivity index (χ0v) is 39.6. The van der Waals surface area contributed by atoms with Crippen molar-refractivity contribution in [2.24, 2.45) is 0 Å². The molecule has 0 atom stereocenters. The van der Waals surface area contributed by atoms with E-state index in [4.69, 9.17) is 14.7 Å². The van der Waals surface area contributed by atoms with E-state index in [1.807, 2.05) is 24.3 Å². The summed E-state index contributed by atoms with van der Waals surface area (Å²) in [5, 5.41) is 2.82. The van der Waals surface area contributed by atoms with Gasteiger partial charge >= 0.3 is 0 Å². The van der Waals surface area contributed by atoms with Gasteiger partial charge in [-0.2, -0.15) is 0 Å². The second kappa shape index (κ2) is 17.8. The molecule has 9 heteroatoms. The predicted molar refractivity (Wildman–Crippen MR) is 289 cm³/mol. The number of hydrogen-bond donors (Lipinski definition) is 3. The monoisotopic (exact) mass is 935 g/mol. The molecule has 0 saturated carbocycles. The van der Waals surface area contributed by atoms with Gasteiger partial charge in [0.1, 0.15) is 5.75 Å². The molecule has 5 heterocycles. The Kier molecular flexibility index (Phi) is 10.8. The zero-order valence-electron chi connectivity index (χ0n) is 39.6. The summed E-state index contributed by atoms with van der Waals surface area (Å²) in [6.45, 7) is 5.95. The van der Waals surface area contributed by atoms with Crippen molar-refractivity contribution in [3.05, 3.63) is 226 Å². The quantitative estimate of drug-likeness (QED) is 0.139. The highest BCUT2D eigenvalue weighted by atomic mass is 16.5. The van der Waals surface area contributed by atoms with Crippen molar-refractivity contribution in [2.75, 3.05) is 11.9 Å². The van der Waals surface area contributed by atoms with Gasteiger partial charge in [-0.25, -0.2) is 9.97 Å². The molecule has 3 aromatic heterocycles. The van der Waals surface area contributed by atoms with Gasteiger partial charge in [0.15, 0.2) is 18.2 Å². The highest BCUT2D eigenvalue weighted by Crippen LogP contribution is 2.39. The summed E-state index contributed by atoms with van der Waals surface area (Å²) in [6.07, 6.45) is 8.35. The van der Waals surface area contributed by atoms with Crippen LogP contribution in [0.3, 0.4) is 0 Å². The molecular weight excluding hydrogens is 891 g/mol. The number of H-pyrrole nitrogens is 2. The van der Waals surface area contributed by atoms with Crippen molar-refractivity contribution in [1.29, 1.82) is 0 Å². The molecule has 6 aromatic carbocycles. The highest BCUT2D eigenvalue weighted by Gasteiger charge is 2.32. The van der Waals surface area contributed by atoms with E-state index in [0.29, 0.717) is 16.9 Å². The Balaban J connectivity index is 0.981. The predicted octanol–water partition coefficient (Wildman–Crippen LogP) is 14.0. The summed E-state index contributed by atoms with van der Waals surface area (Å²) in [7, 11) is 0. The Bertz CT molecular complexity index is 3910. The number of hydrogen-bond acceptors (Lipinski definition) is 6. The number of ether oxygens (including phenoxy) is 1. The van der Waals surface area contributed by atoms with E-state index in [0.717, 1.165) is 100 Å². The van der Waals surface area contributed by atoms with Gasteiger partial charge in [0, 0.05) is 61.0 Å². The molecule has 72 heavy (non-hydrogen) atoms. The molecule has 9 aromatic rings. The lowest BCUT2D eigenvalue weighted by molar-refractivity contribution is -0.118. The largest absolute Gasteiger partial charge is 0.484 e. The number of aromatic nitrogens is 4. The molecule has 0 fully saturated rings. The summed E-state index contributed by atoms with van der Waals surface area (Å²) in [6, 6.07) is 53.3. The van der Waals surface area contributed by atoms with Gasteiger partial charge in [-0.3, -0.25) is 14.4 Å². The van der Waals surface area contributed by atoms with E-state index in [1.54, 1.807) is 42.5 Å². The lowest BCUT2D eigenvalue weighted by atomic mass is 9.83. The summed E-state index contributed by atoms with van der Waals surface area (Å²) < 4.78 is 6.04. The van der Waals surface area contributed by atoms with Crippen LogP contribution < -0.4 is 10.1 Å². The number of nitrogens with zero attached hydrogens (tertiary/aromatic N) is 2. The van der Waals surface area contributed by atoms with Crippen molar-refractivity contribution < 1.29 is 19.1 Å². The smallest absolute Gasteiger partial charge is 0.262 e. The van der Waals surface area contributed by atoms with E-state index in [-0.39, 0.29) is 35.0 Å². The van der Waals surface area contributed by atoms with Crippen LogP contribution in [0.5, 0.6) is 5.75 Å². The van der Waals surface area contributed by atoms with Crippen LogP contribution in [0.1, 0.15) is 71.3 Å². The number of benzene rings is 6. The number of aryl methyl sites for hydroxylation is 3. The Labute approximate surface area is 415 Å². The van der Waals surface area contributed by atoms with Crippen LogP contribution in [0, 0.1) is 20.8 Å². The van der Waals surface area contributed by atoms with Crippen LogP contribution >= 0.6 is 0 Å². The molecule has 0 saturated heterocycles. The number of rotatable bonds is 8. The third kappa shape index (κ3) is 7.92. The number of nitrogens with one attached hydrogen (secondary N) is 3. The van der Waals surface area contributed by atoms with Gasteiger partial charge in [-0.05, 0) is 110 Å². The molecule has 1 aliphatic carbocycles. The zero-order chi connectivity index (χ0) is 49.0. The Morgan fingerprint density at radius 1 is 0.431 bits per heavy atom. The average Bonchev–Trinajstić information content (AvgIpc) is 4.26. The Hall–Kier alpha value is -9.47. The summed E-state index contributed by atoms with van der Waals surface area (Å²) in [5.74, 6) is -0.583. The van der Waals surface area contributed by atoms with Gasteiger partial charge in [0.25, 0.3) is 5.91 Å². The maximum Gasteiger partial charge on any atom is 0.262 e. The number of amides is 1. The fourth-order valence-electron chi connectivity index (χ4n) is 9.88. The fraction of sp³-hybridized carbons (Fsp3) is 0.0635. The third-order valence-corrected chi connectivity index (χ3v) is 13.5. The maximum atomic E-state index is 13.6. The standard InChI is InChI=1S/C63H45N5O4/c1-36-11-17-39(18-12-36)57-48-27-29-50(64-48)58(40-19-13-37(2)14-20-40)52-31-33-54(66-52)60(55-34-32-53(67-55)59(51-30-28-49(57)65-51)41-21-15-38(3)16-22-41)42-23-25-43(26-24-42)72-35-56(69)68-47-10-6-9-46-61(47)63(71)45-8-5-4-7-44(45)62(46)70/h4-34,64,67H,35H2,1-3H3,(H,68,69). The molecule has 12 rings (SSSR count). The first-order valence-electron chi connectivity index (χ1n) is 23.9. The SMILES string of the molecule is Cc1ccc(-c2c3nc(c(-c4ccc(C)cc4)c4ccc([nH]4)c(-c4ccc(OCC(=O)Nc5cccc6c5C(=O)c5ccccc5C6=O)cc4)c4nc(c(-c5ccc(C)cc5)c5ccc2[nH]5)C=C4)C=C3)cc1. The summed E-state index contributed by atoms with van der Waals surface area (Å²) in [4.78, 5) is 58.8. The van der Waals surface area contributed by atoms with Gasteiger partial charge in [0.2, 0.25) is 0 Å². The van der Waals surface area contributed by atoms with Crippen molar-refractivity contribution in [3.8, 4) is 50.3 Å². The van der Waals surface area contributed by atoms with Crippen molar-refractivity contribution in [1.82, 2.24) is 19.9 Å². The van der Waals surface area contributed by atoms with Crippen molar-refractivity contribution >= 4 is 69.5 Å². The summed E-state index contributed by atoms with van der Waals surface area (Å²) in [5.41, 5.74) is 19.4. The molecule has 1 amide bonds. The van der Waals surface area contributed by atoms with E-state index >= 15 is 0 Å². The molecule has 8 bridgehead atoms. The molecule has 9 nitrogen and oxygen atoms in total. The first-order chi connectivity index (χ1) is 35.1. The number of carbonyl (C=O) groups excluding carboxylic acids is 3. The average molecular weight is 936 g/mol. The number of fused-ring (bicyclic) bond motifs is 10. The van der Waals surface area contributed by atoms with E-state index in [9.17, 15) is 14.4 Å². The van der Waals surface area contributed by atoms with Crippen LogP contribution in [0.15, 0.2) is 164 Å². The maximum absolute atomic E-state index is 13.6. The van der Waals surface area contributed by atoms with E-state index in [2.05, 4.69) is 157 Å². The van der Waals surface area contributed by atoms with Gasteiger partial charge in [-0.15, -0.1) is 0 Å². The van der Waals surface area contributed by atoms with Crippen LogP contribution in [0.2, 0.25) is 0 Å². The van der Waals surface area contributed by atoms with Crippen LogP contribution in [-0.2, 0) is 4.79 Å². The van der Waals surface area contributed by atoms with E-state index in [1.165, 1.54) is 5.56 Å². The number of anilines is 1. The number of carbonyl (C=O) groups is 3. The van der Waals surface area contributed by atoms with Crippen LogP contribution in [0.25, 0.3) is 90.9 Å². The lowest BCUT2D eigenvalue weighted by Crippen LogP contribution is -2.25. The van der Waals surface area contributed by atoms with Gasteiger partial charge < -0.3 is 20.0 Å². The Morgan fingerprint density at radius 3 is 1.22 bits per heavy atom. The van der Waals surface area contributed by atoms with E-state index < -0.39 is 5.91 Å². The van der Waals surface area contributed by atoms with Crippen LogP contribution in [-0.4, -0.2) is 44.0 Å². The van der Waals surface area contributed by atoms with Crippen molar-refractivity contribution in [3.63, 3.8) is 0 Å². The first-order valence-corrected chi connectivity index (χ1v) is 23.9. The molecule has 3 N–H and O–H groups in total. The second-order valence-electron chi connectivity index (χ2n) is 18.4. The minimum Gasteiger partial charge on any atom is -0.484 e. The number of aromatic amines is 2. The highest BCUT2D eigenvalue weighted by molar-refractivity contribution is 6.30. The summed E-state index contributed by atoms with van der Waals surface area (Å²) >= 11 is 0. The van der Waals surface area contributed by atoms with Crippen LogP contribution in [0.4, 0.5) is 5.69 Å². The first kappa shape index (κ1) is 43.8.